The predicted octanol–water partition coefficient (Wildman–Crippen LogP) is 2.53. The van der Waals surface area contributed by atoms with E-state index in [1.54, 1.807) is 0 Å². The van der Waals surface area contributed by atoms with Gasteiger partial charge in [-0.3, -0.25) is 0 Å². The molecule has 96 valence electrons. The molecule has 1 aliphatic rings. The fourth-order valence-corrected chi connectivity index (χ4v) is 2.57. The monoisotopic (exact) mass is 245 g/mol. The topological polar surface area (TPSA) is 53.2 Å². The zero-order valence-electron chi connectivity index (χ0n) is 10.6. The number of fused-ring (bicyclic) bond motifs is 1. The van der Waals surface area contributed by atoms with E-state index in [0.29, 0.717) is 13.0 Å². The van der Waals surface area contributed by atoms with Crippen LogP contribution in [0.2, 0.25) is 0 Å². The molecule has 1 atom stereocenters. The van der Waals surface area contributed by atoms with Gasteiger partial charge < -0.3 is 9.84 Å². The second kappa shape index (κ2) is 5.99. The van der Waals surface area contributed by atoms with Crippen LogP contribution in [0.1, 0.15) is 36.8 Å². The normalized spacial score (nSPS) is 22.9. The first-order chi connectivity index (χ1) is 8.82. The van der Waals surface area contributed by atoms with Gasteiger partial charge >= 0.3 is 0 Å². The van der Waals surface area contributed by atoms with E-state index >= 15 is 0 Å². The number of aryl methyl sites for hydroxylation is 1. The van der Waals surface area contributed by atoms with Crippen LogP contribution in [0.5, 0.6) is 0 Å². The van der Waals surface area contributed by atoms with Gasteiger partial charge in [0.15, 0.2) is 5.60 Å². The van der Waals surface area contributed by atoms with Crippen LogP contribution in [0.15, 0.2) is 24.3 Å². The molecular formula is C15H19NO2. The summed E-state index contributed by atoms with van der Waals surface area (Å²) in [6.07, 6.45) is 4.44. The molecule has 1 aliphatic carbocycles. The largest absolute Gasteiger partial charge is 0.396 e. The first-order valence-electron chi connectivity index (χ1n) is 6.57. The van der Waals surface area contributed by atoms with Crippen molar-refractivity contribution in [3.05, 3.63) is 35.4 Å². The maximum Gasteiger partial charge on any atom is 0.179 e. The van der Waals surface area contributed by atoms with Gasteiger partial charge in [0.05, 0.1) is 6.61 Å². The van der Waals surface area contributed by atoms with Crippen molar-refractivity contribution in [3.8, 4) is 6.07 Å². The van der Waals surface area contributed by atoms with Crippen LogP contribution in [-0.4, -0.2) is 18.3 Å². The molecular weight excluding hydrogens is 226 g/mol. The minimum atomic E-state index is -0.817. The highest BCUT2D eigenvalue weighted by molar-refractivity contribution is 5.38. The fraction of sp³-hybridized carbons (Fsp3) is 0.533. The molecule has 0 spiro atoms. The van der Waals surface area contributed by atoms with E-state index < -0.39 is 5.60 Å². The van der Waals surface area contributed by atoms with Crippen molar-refractivity contribution in [2.75, 3.05) is 13.2 Å². The molecule has 0 saturated heterocycles. The van der Waals surface area contributed by atoms with Crippen LogP contribution in [0, 0.1) is 11.3 Å². The summed E-state index contributed by atoms with van der Waals surface area (Å²) in [6, 6.07) is 10.4. The molecule has 0 heterocycles. The standard InChI is InChI=1S/C15H19NO2/c16-12-15(18-11-5-10-17)9-4-3-7-13-6-1-2-8-14(13)15/h1-2,6,8,17H,3-5,7,9-11H2. The minimum Gasteiger partial charge on any atom is -0.396 e. The van der Waals surface area contributed by atoms with Gasteiger partial charge in [0.1, 0.15) is 6.07 Å². The highest BCUT2D eigenvalue weighted by Crippen LogP contribution is 2.36. The summed E-state index contributed by atoms with van der Waals surface area (Å²) in [5, 5.41) is 18.4. The summed E-state index contributed by atoms with van der Waals surface area (Å²) in [4.78, 5) is 0. The zero-order valence-corrected chi connectivity index (χ0v) is 10.6. The van der Waals surface area contributed by atoms with Crippen LogP contribution in [0.4, 0.5) is 0 Å². The Kier molecular flexibility index (Phi) is 4.35. The Labute approximate surface area is 108 Å². The number of benzene rings is 1. The summed E-state index contributed by atoms with van der Waals surface area (Å²) >= 11 is 0. The summed E-state index contributed by atoms with van der Waals surface area (Å²) in [5.41, 5.74) is 1.42. The van der Waals surface area contributed by atoms with Crippen LogP contribution in [0.3, 0.4) is 0 Å². The maximum atomic E-state index is 9.58. The third-order valence-electron chi connectivity index (χ3n) is 3.51. The highest BCUT2D eigenvalue weighted by atomic mass is 16.5. The van der Waals surface area contributed by atoms with Crippen molar-refractivity contribution in [2.45, 2.75) is 37.7 Å². The average Bonchev–Trinajstić information content (AvgIpc) is 2.60. The molecule has 0 saturated carbocycles. The van der Waals surface area contributed by atoms with Gasteiger partial charge in [-0.2, -0.15) is 5.26 Å². The van der Waals surface area contributed by atoms with Crippen molar-refractivity contribution in [2.24, 2.45) is 0 Å². The van der Waals surface area contributed by atoms with Crippen LogP contribution in [-0.2, 0) is 16.8 Å². The lowest BCUT2D eigenvalue weighted by molar-refractivity contribution is -0.0184. The second-order valence-corrected chi connectivity index (χ2v) is 4.73. The number of aliphatic hydroxyl groups is 1. The summed E-state index contributed by atoms with van der Waals surface area (Å²) in [6.45, 7) is 0.529. The molecule has 0 aliphatic heterocycles. The molecule has 0 fully saturated rings. The Balaban J connectivity index is 2.31. The molecule has 3 heteroatoms. The number of rotatable bonds is 4. The summed E-state index contributed by atoms with van der Waals surface area (Å²) in [7, 11) is 0. The molecule has 0 amide bonds. The molecule has 1 aromatic carbocycles. The molecule has 2 rings (SSSR count). The van der Waals surface area contributed by atoms with E-state index in [1.807, 2.05) is 18.2 Å². The van der Waals surface area contributed by atoms with Gasteiger partial charge in [-0.15, -0.1) is 0 Å². The van der Waals surface area contributed by atoms with E-state index in [0.717, 1.165) is 31.2 Å². The number of nitriles is 1. The van der Waals surface area contributed by atoms with Crippen LogP contribution >= 0.6 is 0 Å². The van der Waals surface area contributed by atoms with E-state index in [2.05, 4.69) is 12.1 Å². The van der Waals surface area contributed by atoms with Crippen molar-refractivity contribution < 1.29 is 9.84 Å². The highest BCUT2D eigenvalue weighted by Gasteiger charge is 2.36. The van der Waals surface area contributed by atoms with Gasteiger partial charge in [0, 0.05) is 12.2 Å². The van der Waals surface area contributed by atoms with Crippen LogP contribution < -0.4 is 0 Å². The van der Waals surface area contributed by atoms with Gasteiger partial charge in [0.25, 0.3) is 0 Å². The predicted molar refractivity (Wildman–Crippen MR) is 68.9 cm³/mol. The SMILES string of the molecule is N#CC1(OCCCO)CCCCc2ccccc21. The number of hydrogen-bond acceptors (Lipinski definition) is 3. The van der Waals surface area contributed by atoms with E-state index in [-0.39, 0.29) is 6.61 Å². The Morgan fingerprint density at radius 2 is 2.17 bits per heavy atom. The number of ether oxygens (including phenoxy) is 1. The lowest BCUT2D eigenvalue weighted by atomic mass is 9.89. The third-order valence-corrected chi connectivity index (χ3v) is 3.51. The van der Waals surface area contributed by atoms with Crippen molar-refractivity contribution in [3.63, 3.8) is 0 Å². The Morgan fingerprint density at radius 3 is 2.94 bits per heavy atom. The van der Waals surface area contributed by atoms with E-state index in [1.165, 1.54) is 5.56 Å². The Bertz CT molecular complexity index is 438. The van der Waals surface area contributed by atoms with E-state index in [4.69, 9.17) is 9.84 Å². The lowest BCUT2D eigenvalue weighted by Gasteiger charge is -2.27. The molecule has 0 aromatic heterocycles. The van der Waals surface area contributed by atoms with Gasteiger partial charge in [-0.25, -0.2) is 0 Å². The Hall–Kier alpha value is -1.37. The molecule has 1 aromatic rings. The quantitative estimate of drug-likeness (QED) is 0.655. The third kappa shape index (κ3) is 2.55. The maximum absolute atomic E-state index is 9.58. The fourth-order valence-electron chi connectivity index (χ4n) is 2.57. The molecule has 18 heavy (non-hydrogen) atoms. The molecule has 1 N–H and O–H groups in total. The summed E-state index contributed by atoms with van der Waals surface area (Å²) in [5.74, 6) is 0. The molecule has 0 bridgehead atoms. The van der Waals surface area contributed by atoms with E-state index in [9.17, 15) is 5.26 Å². The number of nitrogens with zero attached hydrogens (tertiary/aromatic N) is 1. The van der Waals surface area contributed by atoms with Crippen molar-refractivity contribution >= 4 is 0 Å². The van der Waals surface area contributed by atoms with Crippen molar-refractivity contribution in [1.82, 2.24) is 0 Å². The smallest absolute Gasteiger partial charge is 0.179 e. The average molecular weight is 245 g/mol. The van der Waals surface area contributed by atoms with Gasteiger partial charge in [-0.1, -0.05) is 24.3 Å². The first kappa shape index (κ1) is 13.1. The Morgan fingerprint density at radius 1 is 1.33 bits per heavy atom. The first-order valence-corrected chi connectivity index (χ1v) is 6.57. The molecule has 3 nitrogen and oxygen atoms in total. The molecule has 0 radical (unpaired) electrons. The lowest BCUT2D eigenvalue weighted by Crippen LogP contribution is -2.29. The molecule has 1 unspecified atom stereocenters. The van der Waals surface area contributed by atoms with Crippen LogP contribution in [0.25, 0.3) is 0 Å². The number of aliphatic hydroxyl groups excluding tert-OH is 1. The number of hydrogen-bond donors (Lipinski definition) is 1. The second-order valence-electron chi connectivity index (χ2n) is 4.73. The zero-order chi connectivity index (χ0) is 12.8. The van der Waals surface area contributed by atoms with Gasteiger partial charge in [0.2, 0.25) is 0 Å². The van der Waals surface area contributed by atoms with Gasteiger partial charge in [-0.05, 0) is 37.7 Å². The minimum absolute atomic E-state index is 0.100. The summed E-state index contributed by atoms with van der Waals surface area (Å²) < 4.78 is 5.85. The van der Waals surface area contributed by atoms with Crippen molar-refractivity contribution in [1.29, 1.82) is 5.26 Å².